The predicted molar refractivity (Wildman–Crippen MR) is 75.7 cm³/mol. The van der Waals surface area contributed by atoms with E-state index >= 15 is 0 Å². The summed E-state index contributed by atoms with van der Waals surface area (Å²) in [4.78, 5) is 0. The van der Waals surface area contributed by atoms with Crippen molar-refractivity contribution >= 4 is 8.80 Å². The van der Waals surface area contributed by atoms with Crippen molar-refractivity contribution in [3.8, 4) is 0 Å². The third kappa shape index (κ3) is 1.47. The summed E-state index contributed by atoms with van der Waals surface area (Å²) in [6.07, 6.45) is 11.5. The number of hydrogen-bond donors (Lipinski definition) is 0. The Hall–Kier alpha value is -0.0431. The largest absolute Gasteiger partial charge is 0.0848 e. The minimum absolute atomic E-state index is 0.308. The van der Waals surface area contributed by atoms with Gasteiger partial charge in [0, 0.05) is 8.80 Å². The fourth-order valence-corrected chi connectivity index (χ4v) is 7.13. The molecule has 0 aliphatic heterocycles. The number of rotatable bonds is 3. The van der Waals surface area contributed by atoms with E-state index < -0.39 is 0 Å². The van der Waals surface area contributed by atoms with Gasteiger partial charge in [0.1, 0.15) is 0 Å². The highest BCUT2D eigenvalue weighted by Gasteiger charge is 2.60. The molecule has 0 radical (unpaired) electrons. The average molecular weight is 246 g/mol. The third-order valence-corrected chi connectivity index (χ3v) is 8.01. The molecule has 0 N–H and O–H groups in total. The van der Waals surface area contributed by atoms with Gasteiger partial charge in [-0.15, -0.1) is 0 Å². The fourth-order valence-electron chi connectivity index (χ4n) is 6.03. The highest BCUT2D eigenvalue weighted by atomic mass is 28.3. The Balaban J connectivity index is 1.50. The minimum Gasteiger partial charge on any atom is -0.0848 e. The molecule has 17 heavy (non-hydrogen) atoms. The van der Waals surface area contributed by atoms with Crippen LogP contribution in [0.1, 0.15) is 25.7 Å². The first-order valence-electron chi connectivity index (χ1n) is 7.92. The molecule has 0 aromatic heterocycles. The molecule has 4 aliphatic rings. The molecule has 0 nitrogen and oxygen atoms in total. The minimum atomic E-state index is -0.308. The van der Waals surface area contributed by atoms with Crippen molar-refractivity contribution in [2.75, 3.05) is 0 Å². The summed E-state index contributed by atoms with van der Waals surface area (Å²) in [6.45, 7) is 5.05. The van der Waals surface area contributed by atoms with Crippen LogP contribution in [0.5, 0.6) is 0 Å². The van der Waals surface area contributed by atoms with Crippen molar-refractivity contribution in [2.24, 2.45) is 41.4 Å². The molecule has 4 bridgehead atoms. The zero-order valence-corrected chi connectivity index (χ0v) is 12.5. The van der Waals surface area contributed by atoms with Crippen molar-refractivity contribution in [2.45, 2.75) is 44.8 Å². The van der Waals surface area contributed by atoms with Gasteiger partial charge in [0.15, 0.2) is 0 Å². The molecular formula is C16H26Si. The molecule has 94 valence electrons. The zero-order chi connectivity index (χ0) is 11.6. The van der Waals surface area contributed by atoms with E-state index in [1.165, 1.54) is 6.42 Å². The molecule has 0 aromatic rings. The van der Waals surface area contributed by atoms with Crippen molar-refractivity contribution in [1.82, 2.24) is 0 Å². The molecular weight excluding hydrogens is 220 g/mol. The summed E-state index contributed by atoms with van der Waals surface area (Å²) in [5.41, 5.74) is 0. The quantitative estimate of drug-likeness (QED) is 0.402. The summed E-state index contributed by atoms with van der Waals surface area (Å²) in [7, 11) is -0.308. The Labute approximate surface area is 107 Å². The number of allylic oxidation sites excluding steroid dienone is 2. The molecule has 0 saturated heterocycles. The lowest BCUT2D eigenvalue weighted by Crippen LogP contribution is -2.31. The van der Waals surface area contributed by atoms with E-state index in [4.69, 9.17) is 0 Å². The maximum absolute atomic E-state index is 2.58. The highest BCUT2D eigenvalue weighted by molar-refractivity contribution is 6.55. The van der Waals surface area contributed by atoms with Crippen molar-refractivity contribution in [3.63, 3.8) is 0 Å². The third-order valence-electron chi connectivity index (χ3n) is 6.52. The number of hydrogen-bond acceptors (Lipinski definition) is 0. The molecule has 1 heteroatoms. The molecule has 4 rings (SSSR count). The van der Waals surface area contributed by atoms with Gasteiger partial charge in [-0.3, -0.25) is 0 Å². The molecule has 0 amide bonds. The Kier molecular flexibility index (Phi) is 2.38. The van der Waals surface area contributed by atoms with Gasteiger partial charge in [-0.25, -0.2) is 0 Å². The van der Waals surface area contributed by atoms with Crippen LogP contribution in [0, 0.1) is 41.4 Å². The van der Waals surface area contributed by atoms with Crippen molar-refractivity contribution < 1.29 is 0 Å². The topological polar surface area (TPSA) is 0 Å². The first-order valence-corrected chi connectivity index (χ1v) is 11.0. The monoisotopic (exact) mass is 246 g/mol. The van der Waals surface area contributed by atoms with Gasteiger partial charge in [-0.05, 0) is 60.7 Å². The Morgan fingerprint density at radius 1 is 1.00 bits per heavy atom. The summed E-state index contributed by atoms with van der Waals surface area (Å²) >= 11 is 0. The van der Waals surface area contributed by atoms with Gasteiger partial charge >= 0.3 is 0 Å². The van der Waals surface area contributed by atoms with E-state index in [0.717, 1.165) is 41.4 Å². The Morgan fingerprint density at radius 2 is 1.76 bits per heavy atom. The normalized spacial score (nSPS) is 53.9. The maximum atomic E-state index is 2.58. The molecule has 0 spiro atoms. The second kappa shape index (κ2) is 3.72. The number of fused-ring (bicyclic) bond motifs is 9. The van der Waals surface area contributed by atoms with E-state index in [0.29, 0.717) is 0 Å². The second-order valence-corrected chi connectivity index (χ2v) is 11.1. The van der Waals surface area contributed by atoms with Crippen LogP contribution in [0.2, 0.25) is 19.1 Å². The predicted octanol–water partition coefficient (Wildman–Crippen LogP) is 3.96. The molecule has 7 unspecified atom stereocenters. The smallest absolute Gasteiger partial charge is 0.0305 e. The lowest BCUT2D eigenvalue weighted by atomic mass is 9.69. The fraction of sp³-hybridized carbons (Fsp3) is 0.875. The molecule has 7 atom stereocenters. The Bertz CT molecular complexity index is 345. The van der Waals surface area contributed by atoms with E-state index in [-0.39, 0.29) is 8.80 Å². The zero-order valence-electron chi connectivity index (χ0n) is 11.3. The van der Waals surface area contributed by atoms with Gasteiger partial charge in [0.05, 0.1) is 0 Å². The standard InChI is InChI=1S/C16H26Si/c1-17(2)6-5-10-7-13-9-14(10)16-12-4-3-11(8-12)15(13)16/h3-4,10-17H,5-9H2,1-2H3. The first kappa shape index (κ1) is 10.8. The molecule has 0 aromatic carbocycles. The van der Waals surface area contributed by atoms with E-state index in [2.05, 4.69) is 25.2 Å². The summed E-state index contributed by atoms with van der Waals surface area (Å²) in [6, 6.07) is 1.61. The van der Waals surface area contributed by atoms with Crippen LogP contribution in [0.15, 0.2) is 12.2 Å². The average Bonchev–Trinajstić information content (AvgIpc) is 3.03. The van der Waals surface area contributed by atoms with E-state index in [1.807, 2.05) is 0 Å². The SMILES string of the molecule is C[SiH](C)CCC1CC2CC1C1C3C=CC(C3)C21. The van der Waals surface area contributed by atoms with Gasteiger partial charge in [0.2, 0.25) is 0 Å². The summed E-state index contributed by atoms with van der Waals surface area (Å²) in [5.74, 6) is 7.75. The van der Waals surface area contributed by atoms with Crippen molar-refractivity contribution in [1.29, 1.82) is 0 Å². The van der Waals surface area contributed by atoms with E-state index in [9.17, 15) is 0 Å². The lowest BCUT2D eigenvalue weighted by molar-refractivity contribution is 0.147. The van der Waals surface area contributed by atoms with E-state index in [1.54, 1.807) is 25.3 Å². The van der Waals surface area contributed by atoms with Gasteiger partial charge in [-0.2, -0.15) is 0 Å². The Morgan fingerprint density at radius 3 is 2.53 bits per heavy atom. The van der Waals surface area contributed by atoms with Gasteiger partial charge < -0.3 is 0 Å². The molecule has 0 heterocycles. The van der Waals surface area contributed by atoms with Gasteiger partial charge in [0.25, 0.3) is 0 Å². The second-order valence-electron chi connectivity index (χ2n) is 7.73. The van der Waals surface area contributed by atoms with Crippen LogP contribution in [0.25, 0.3) is 0 Å². The lowest BCUT2D eigenvalue weighted by Gasteiger charge is -2.37. The van der Waals surface area contributed by atoms with Crippen LogP contribution in [-0.4, -0.2) is 8.80 Å². The summed E-state index contributed by atoms with van der Waals surface area (Å²) in [5, 5.41) is 0. The van der Waals surface area contributed by atoms with Gasteiger partial charge in [-0.1, -0.05) is 37.7 Å². The molecule has 3 fully saturated rings. The van der Waals surface area contributed by atoms with Crippen molar-refractivity contribution in [3.05, 3.63) is 12.2 Å². The maximum Gasteiger partial charge on any atom is 0.0305 e. The first-order chi connectivity index (χ1) is 8.24. The van der Waals surface area contributed by atoms with Crippen LogP contribution >= 0.6 is 0 Å². The molecule has 4 aliphatic carbocycles. The molecule has 3 saturated carbocycles. The van der Waals surface area contributed by atoms with Crippen LogP contribution in [0.3, 0.4) is 0 Å². The van der Waals surface area contributed by atoms with Crippen LogP contribution in [-0.2, 0) is 0 Å². The van der Waals surface area contributed by atoms with Crippen LogP contribution < -0.4 is 0 Å². The van der Waals surface area contributed by atoms with Crippen LogP contribution in [0.4, 0.5) is 0 Å². The summed E-state index contributed by atoms with van der Waals surface area (Å²) < 4.78 is 0. The highest BCUT2D eigenvalue weighted by Crippen LogP contribution is 2.67.